The predicted octanol–water partition coefficient (Wildman–Crippen LogP) is 2.48. The zero-order chi connectivity index (χ0) is 11.2. The third kappa shape index (κ3) is 1.32. The van der Waals surface area contributed by atoms with Crippen LogP contribution < -0.4 is 0 Å². The highest BCUT2D eigenvalue weighted by molar-refractivity contribution is 5.09. The van der Waals surface area contributed by atoms with Crippen LogP contribution in [0.3, 0.4) is 0 Å². The first-order valence-electron chi connectivity index (χ1n) is 7.03. The monoisotopic (exact) mass is 224 g/mol. The van der Waals surface area contributed by atoms with Crippen molar-refractivity contribution in [1.82, 2.24) is 0 Å². The standard InChI is InChI=1S/C14H24O2/c15-10-13(14(16)7-1-2-8-14)9-11-3-5-12(13)6-4-11/h11-12,15-16H,1-10H2. The minimum absolute atomic E-state index is 0.134. The topological polar surface area (TPSA) is 40.5 Å². The van der Waals surface area contributed by atoms with Crippen LogP contribution in [0.25, 0.3) is 0 Å². The van der Waals surface area contributed by atoms with Gasteiger partial charge >= 0.3 is 0 Å². The molecule has 0 spiro atoms. The molecular formula is C14H24O2. The van der Waals surface area contributed by atoms with Gasteiger partial charge in [0.05, 0.1) is 12.2 Å². The first-order valence-corrected chi connectivity index (χ1v) is 7.03. The molecule has 4 saturated carbocycles. The van der Waals surface area contributed by atoms with Gasteiger partial charge in [-0.15, -0.1) is 0 Å². The molecule has 0 heterocycles. The van der Waals surface area contributed by atoms with Crippen LogP contribution >= 0.6 is 0 Å². The fraction of sp³-hybridized carbons (Fsp3) is 1.00. The summed E-state index contributed by atoms with van der Waals surface area (Å²) in [6.45, 7) is 0.213. The highest BCUT2D eigenvalue weighted by Gasteiger charge is 2.59. The van der Waals surface area contributed by atoms with E-state index in [9.17, 15) is 10.2 Å². The summed E-state index contributed by atoms with van der Waals surface area (Å²) in [5.74, 6) is 1.37. The number of aliphatic hydroxyl groups is 2. The van der Waals surface area contributed by atoms with Gasteiger partial charge in [0.2, 0.25) is 0 Å². The van der Waals surface area contributed by atoms with Crippen molar-refractivity contribution in [1.29, 1.82) is 0 Å². The van der Waals surface area contributed by atoms with E-state index in [2.05, 4.69) is 0 Å². The van der Waals surface area contributed by atoms with Crippen LogP contribution in [0.2, 0.25) is 0 Å². The zero-order valence-electron chi connectivity index (χ0n) is 10.1. The Morgan fingerprint density at radius 3 is 2.06 bits per heavy atom. The van der Waals surface area contributed by atoms with Crippen LogP contribution in [0.5, 0.6) is 0 Å². The number of rotatable bonds is 2. The lowest BCUT2D eigenvalue weighted by molar-refractivity contribution is -0.180. The highest BCUT2D eigenvalue weighted by Crippen LogP contribution is 2.60. The number of aliphatic hydroxyl groups excluding tert-OH is 1. The Labute approximate surface area is 98.1 Å². The van der Waals surface area contributed by atoms with Gasteiger partial charge in [0.1, 0.15) is 0 Å². The zero-order valence-corrected chi connectivity index (χ0v) is 10.1. The van der Waals surface area contributed by atoms with Crippen LogP contribution in [-0.4, -0.2) is 22.4 Å². The molecule has 16 heavy (non-hydrogen) atoms. The van der Waals surface area contributed by atoms with Crippen molar-refractivity contribution < 1.29 is 10.2 Å². The average molecular weight is 224 g/mol. The van der Waals surface area contributed by atoms with Crippen molar-refractivity contribution in [2.24, 2.45) is 17.3 Å². The molecule has 0 amide bonds. The summed E-state index contributed by atoms with van der Waals surface area (Å²) in [5.41, 5.74) is -0.670. The number of hydrogen-bond donors (Lipinski definition) is 2. The lowest BCUT2D eigenvalue weighted by atomic mass is 9.50. The van der Waals surface area contributed by atoms with E-state index < -0.39 is 5.60 Å². The fourth-order valence-corrected chi connectivity index (χ4v) is 4.97. The Morgan fingerprint density at radius 2 is 1.62 bits per heavy atom. The second-order valence-corrected chi connectivity index (χ2v) is 6.47. The molecule has 0 radical (unpaired) electrons. The molecule has 4 aliphatic carbocycles. The molecule has 2 nitrogen and oxygen atoms in total. The predicted molar refractivity (Wildman–Crippen MR) is 63.0 cm³/mol. The van der Waals surface area contributed by atoms with Gasteiger partial charge in [0, 0.05) is 5.41 Å². The Morgan fingerprint density at radius 1 is 1.00 bits per heavy atom. The minimum Gasteiger partial charge on any atom is -0.396 e. The number of fused-ring (bicyclic) bond motifs is 3. The lowest BCUT2D eigenvalue weighted by Crippen LogP contribution is -2.58. The summed E-state index contributed by atoms with van der Waals surface area (Å²) in [6, 6.07) is 0. The van der Waals surface area contributed by atoms with Crippen LogP contribution in [0, 0.1) is 17.3 Å². The maximum Gasteiger partial charge on any atom is 0.0728 e. The molecule has 0 aromatic heterocycles. The van der Waals surface area contributed by atoms with E-state index in [1.54, 1.807) is 0 Å². The van der Waals surface area contributed by atoms with E-state index in [0.717, 1.165) is 38.0 Å². The lowest BCUT2D eigenvalue weighted by Gasteiger charge is -2.57. The van der Waals surface area contributed by atoms with E-state index in [0.29, 0.717) is 5.92 Å². The molecule has 4 aliphatic rings. The third-order valence-electron chi connectivity index (χ3n) is 5.92. The molecule has 2 bridgehead atoms. The first kappa shape index (κ1) is 11.0. The van der Waals surface area contributed by atoms with Gasteiger partial charge in [-0.2, -0.15) is 0 Å². The summed E-state index contributed by atoms with van der Waals surface area (Å²) in [4.78, 5) is 0. The van der Waals surface area contributed by atoms with Gasteiger partial charge in [-0.1, -0.05) is 25.7 Å². The molecule has 0 aromatic rings. The van der Waals surface area contributed by atoms with Crippen molar-refractivity contribution in [2.75, 3.05) is 6.61 Å². The molecule has 2 heteroatoms. The summed E-state index contributed by atoms with van der Waals surface area (Å²) in [5, 5.41) is 20.9. The van der Waals surface area contributed by atoms with Gasteiger partial charge in [-0.25, -0.2) is 0 Å². The van der Waals surface area contributed by atoms with Gasteiger partial charge in [0.25, 0.3) is 0 Å². The summed E-state index contributed by atoms with van der Waals surface area (Å²) < 4.78 is 0. The van der Waals surface area contributed by atoms with Crippen LogP contribution in [0.15, 0.2) is 0 Å². The molecule has 92 valence electrons. The fourth-order valence-electron chi connectivity index (χ4n) is 4.97. The molecule has 0 saturated heterocycles. The average Bonchev–Trinajstić information content (AvgIpc) is 2.79. The normalized spacial score (nSPS) is 46.1. The van der Waals surface area contributed by atoms with Gasteiger partial charge in [0.15, 0.2) is 0 Å². The SMILES string of the molecule is OCC1(C2(O)CCCC2)CC2CCC1CC2. The Bertz CT molecular complexity index is 262. The maximum atomic E-state index is 10.9. The molecule has 0 aromatic carbocycles. The van der Waals surface area contributed by atoms with Crippen LogP contribution in [0.4, 0.5) is 0 Å². The van der Waals surface area contributed by atoms with Crippen molar-refractivity contribution in [3.05, 3.63) is 0 Å². The Kier molecular flexibility index (Phi) is 2.56. The molecule has 4 fully saturated rings. The largest absolute Gasteiger partial charge is 0.396 e. The molecule has 2 N–H and O–H groups in total. The van der Waals surface area contributed by atoms with Gasteiger partial charge < -0.3 is 10.2 Å². The van der Waals surface area contributed by atoms with Crippen molar-refractivity contribution >= 4 is 0 Å². The van der Waals surface area contributed by atoms with Crippen LogP contribution in [0.1, 0.15) is 57.8 Å². The molecule has 0 aliphatic heterocycles. The highest BCUT2D eigenvalue weighted by atomic mass is 16.3. The van der Waals surface area contributed by atoms with E-state index in [1.807, 2.05) is 0 Å². The van der Waals surface area contributed by atoms with E-state index in [1.165, 1.54) is 25.7 Å². The second-order valence-electron chi connectivity index (χ2n) is 6.47. The number of hydrogen-bond acceptors (Lipinski definition) is 2. The third-order valence-corrected chi connectivity index (χ3v) is 5.92. The first-order chi connectivity index (χ1) is 7.70. The van der Waals surface area contributed by atoms with Gasteiger partial charge in [-0.3, -0.25) is 0 Å². The van der Waals surface area contributed by atoms with E-state index in [-0.39, 0.29) is 12.0 Å². The summed E-state index contributed by atoms with van der Waals surface area (Å²) in [6.07, 6.45) is 10.4. The molecule has 1 atom stereocenters. The molecular weight excluding hydrogens is 200 g/mol. The quantitative estimate of drug-likeness (QED) is 0.756. The van der Waals surface area contributed by atoms with Crippen LogP contribution in [-0.2, 0) is 0 Å². The van der Waals surface area contributed by atoms with E-state index in [4.69, 9.17) is 0 Å². The van der Waals surface area contributed by atoms with Crippen molar-refractivity contribution in [2.45, 2.75) is 63.4 Å². The van der Waals surface area contributed by atoms with Crippen molar-refractivity contribution in [3.63, 3.8) is 0 Å². The Hall–Kier alpha value is -0.0800. The molecule has 4 rings (SSSR count). The Balaban J connectivity index is 1.93. The smallest absolute Gasteiger partial charge is 0.0728 e. The summed E-state index contributed by atoms with van der Waals surface area (Å²) in [7, 11) is 0. The molecule has 1 unspecified atom stereocenters. The minimum atomic E-state index is -0.536. The summed E-state index contributed by atoms with van der Waals surface area (Å²) >= 11 is 0. The maximum absolute atomic E-state index is 10.9. The van der Waals surface area contributed by atoms with Crippen molar-refractivity contribution in [3.8, 4) is 0 Å². The van der Waals surface area contributed by atoms with E-state index >= 15 is 0 Å². The van der Waals surface area contributed by atoms with Gasteiger partial charge in [-0.05, 0) is 43.9 Å². The second kappa shape index (κ2) is 3.71.